The Kier molecular flexibility index (Phi) is 8.07. The van der Waals surface area contributed by atoms with E-state index in [1.165, 1.54) is 11.1 Å². The van der Waals surface area contributed by atoms with Crippen molar-refractivity contribution in [3.8, 4) is 5.75 Å². The molecule has 3 rings (SSSR count). The first-order valence-electron chi connectivity index (χ1n) is 10.6. The summed E-state index contributed by atoms with van der Waals surface area (Å²) in [5, 5.41) is 9.06. The van der Waals surface area contributed by atoms with E-state index in [0.717, 1.165) is 30.8 Å². The molecule has 0 aliphatic rings. The molecule has 3 aromatic carbocycles. The summed E-state index contributed by atoms with van der Waals surface area (Å²) >= 11 is 0. The molecule has 0 unspecified atom stereocenters. The van der Waals surface area contributed by atoms with Crippen molar-refractivity contribution in [2.24, 2.45) is 5.73 Å². The number of ether oxygens (including phenoxy) is 1. The van der Waals surface area contributed by atoms with Crippen molar-refractivity contribution in [3.63, 3.8) is 0 Å². The van der Waals surface area contributed by atoms with Gasteiger partial charge in [0.2, 0.25) is 0 Å². The van der Waals surface area contributed by atoms with E-state index in [1.54, 1.807) is 7.11 Å². The Morgan fingerprint density at radius 2 is 1.45 bits per heavy atom. The van der Waals surface area contributed by atoms with Crippen LogP contribution in [0.2, 0.25) is 0 Å². The number of carboxylic acid groups (broad SMARTS) is 1. The molecule has 162 valence electrons. The van der Waals surface area contributed by atoms with Crippen LogP contribution in [0.4, 0.5) is 5.69 Å². The molecule has 0 aliphatic carbocycles. The number of nitrogens with zero attached hydrogens (tertiary/aromatic N) is 1. The largest absolute Gasteiger partial charge is 0.497 e. The quantitative estimate of drug-likeness (QED) is 0.434. The first-order chi connectivity index (χ1) is 15.1. The van der Waals surface area contributed by atoms with Crippen LogP contribution in [0.25, 0.3) is 0 Å². The van der Waals surface area contributed by atoms with Crippen LogP contribution in [0.3, 0.4) is 0 Å². The zero-order valence-electron chi connectivity index (χ0n) is 17.9. The standard InChI is InChI=1S/C26H30N2O3/c1-31-23-17-15-22(16-18-23)28(19-9-8-14-24(27)26(29)30)25(20-10-4-2-5-11-20)21-12-6-3-7-13-21/h2-7,10-13,15-18,24-25H,8-9,14,19,27H2,1H3,(H,29,30)/t24-/m0/s1. The van der Waals surface area contributed by atoms with Crippen LogP contribution in [0.15, 0.2) is 84.9 Å². The van der Waals surface area contributed by atoms with Crippen molar-refractivity contribution in [1.29, 1.82) is 0 Å². The topological polar surface area (TPSA) is 75.8 Å². The molecule has 0 saturated heterocycles. The third-order valence-corrected chi connectivity index (χ3v) is 5.43. The molecular weight excluding hydrogens is 388 g/mol. The lowest BCUT2D eigenvalue weighted by molar-refractivity contribution is -0.138. The molecule has 5 heteroatoms. The molecule has 5 nitrogen and oxygen atoms in total. The van der Waals surface area contributed by atoms with Crippen LogP contribution in [-0.2, 0) is 4.79 Å². The predicted octanol–water partition coefficient (Wildman–Crippen LogP) is 4.87. The van der Waals surface area contributed by atoms with E-state index in [2.05, 4.69) is 65.6 Å². The van der Waals surface area contributed by atoms with Gasteiger partial charge in [-0.25, -0.2) is 0 Å². The van der Waals surface area contributed by atoms with Crippen LogP contribution >= 0.6 is 0 Å². The van der Waals surface area contributed by atoms with Gasteiger partial charge in [0.25, 0.3) is 0 Å². The van der Waals surface area contributed by atoms with Crippen molar-refractivity contribution in [2.75, 3.05) is 18.6 Å². The molecular formula is C26H30N2O3. The zero-order chi connectivity index (χ0) is 22.1. The average Bonchev–Trinajstić information content (AvgIpc) is 2.82. The number of carbonyl (C=O) groups is 1. The van der Waals surface area contributed by atoms with E-state index >= 15 is 0 Å². The Balaban J connectivity index is 1.92. The fraction of sp³-hybridized carbons (Fsp3) is 0.269. The molecule has 3 N–H and O–H groups in total. The number of carboxylic acids is 1. The number of methoxy groups -OCH3 is 1. The number of hydrogen-bond acceptors (Lipinski definition) is 4. The van der Waals surface area contributed by atoms with Crippen molar-refractivity contribution in [3.05, 3.63) is 96.1 Å². The molecule has 1 atom stereocenters. The van der Waals surface area contributed by atoms with E-state index in [0.29, 0.717) is 6.42 Å². The Bertz CT molecular complexity index is 890. The van der Waals surface area contributed by atoms with Crippen LogP contribution in [0.5, 0.6) is 5.75 Å². The minimum absolute atomic E-state index is 0.0314. The van der Waals surface area contributed by atoms with Gasteiger partial charge in [-0.3, -0.25) is 4.79 Å². The molecule has 0 heterocycles. The average molecular weight is 419 g/mol. The smallest absolute Gasteiger partial charge is 0.320 e. The second-order valence-corrected chi connectivity index (χ2v) is 7.56. The third-order valence-electron chi connectivity index (χ3n) is 5.43. The monoisotopic (exact) mass is 418 g/mol. The van der Waals surface area contributed by atoms with E-state index < -0.39 is 12.0 Å². The molecule has 0 aromatic heterocycles. The summed E-state index contributed by atoms with van der Waals surface area (Å²) in [5.41, 5.74) is 9.18. The van der Waals surface area contributed by atoms with Crippen molar-refractivity contribution in [2.45, 2.75) is 31.3 Å². The number of anilines is 1. The number of aliphatic carboxylic acids is 1. The summed E-state index contributed by atoms with van der Waals surface area (Å²) in [5.74, 6) is -0.134. The number of benzene rings is 3. The minimum atomic E-state index is -0.946. The molecule has 0 fully saturated rings. The summed E-state index contributed by atoms with van der Waals surface area (Å²) in [7, 11) is 1.66. The van der Waals surface area contributed by atoms with E-state index in [9.17, 15) is 4.79 Å². The Hall–Kier alpha value is -3.31. The predicted molar refractivity (Wildman–Crippen MR) is 125 cm³/mol. The molecule has 0 spiro atoms. The molecule has 0 bridgehead atoms. The lowest BCUT2D eigenvalue weighted by Gasteiger charge is -2.35. The SMILES string of the molecule is COc1ccc(N(CCCC[C@H](N)C(=O)O)C(c2ccccc2)c2ccccc2)cc1. The molecule has 31 heavy (non-hydrogen) atoms. The second kappa shape index (κ2) is 11.2. The highest BCUT2D eigenvalue weighted by Crippen LogP contribution is 2.34. The van der Waals surface area contributed by atoms with Crippen molar-refractivity contribution in [1.82, 2.24) is 0 Å². The van der Waals surface area contributed by atoms with E-state index in [1.807, 2.05) is 24.3 Å². The van der Waals surface area contributed by atoms with Crippen molar-refractivity contribution >= 4 is 11.7 Å². The van der Waals surface area contributed by atoms with Gasteiger partial charge < -0.3 is 20.5 Å². The maximum Gasteiger partial charge on any atom is 0.320 e. The Morgan fingerprint density at radius 3 is 1.94 bits per heavy atom. The summed E-state index contributed by atoms with van der Waals surface area (Å²) < 4.78 is 5.34. The van der Waals surface area contributed by atoms with Crippen LogP contribution in [0, 0.1) is 0 Å². The lowest BCUT2D eigenvalue weighted by atomic mass is 9.96. The maximum absolute atomic E-state index is 11.0. The van der Waals surface area contributed by atoms with Crippen molar-refractivity contribution < 1.29 is 14.6 Å². The Morgan fingerprint density at radius 1 is 0.903 bits per heavy atom. The summed E-state index contributed by atoms with van der Waals surface area (Å²) in [6.45, 7) is 0.771. The van der Waals surface area contributed by atoms with Gasteiger partial charge in [-0.15, -0.1) is 0 Å². The van der Waals surface area contributed by atoms with Gasteiger partial charge in [-0.1, -0.05) is 60.7 Å². The van der Waals surface area contributed by atoms with Gasteiger partial charge in [0.1, 0.15) is 11.8 Å². The van der Waals surface area contributed by atoms with Gasteiger partial charge in [-0.05, 0) is 54.7 Å². The molecule has 0 radical (unpaired) electrons. The molecule has 0 amide bonds. The first-order valence-corrected chi connectivity index (χ1v) is 10.6. The highest BCUT2D eigenvalue weighted by molar-refractivity contribution is 5.72. The fourth-order valence-corrected chi connectivity index (χ4v) is 3.77. The molecule has 0 aliphatic heterocycles. The van der Waals surface area contributed by atoms with Gasteiger partial charge in [0.15, 0.2) is 0 Å². The number of unbranched alkanes of at least 4 members (excludes halogenated alkanes) is 1. The summed E-state index contributed by atoms with van der Waals surface area (Å²) in [4.78, 5) is 13.4. The number of rotatable bonds is 11. The van der Waals surface area contributed by atoms with Gasteiger partial charge >= 0.3 is 5.97 Å². The minimum Gasteiger partial charge on any atom is -0.497 e. The maximum atomic E-state index is 11.0. The lowest BCUT2D eigenvalue weighted by Crippen LogP contribution is -2.32. The third kappa shape index (κ3) is 6.09. The van der Waals surface area contributed by atoms with Gasteiger partial charge in [0, 0.05) is 12.2 Å². The molecule has 0 saturated carbocycles. The van der Waals surface area contributed by atoms with E-state index in [4.69, 9.17) is 15.6 Å². The van der Waals surface area contributed by atoms with Crippen LogP contribution in [-0.4, -0.2) is 30.8 Å². The normalized spacial score (nSPS) is 11.8. The highest BCUT2D eigenvalue weighted by Gasteiger charge is 2.23. The zero-order valence-corrected chi connectivity index (χ0v) is 17.9. The summed E-state index contributed by atoms with van der Waals surface area (Å²) in [6, 6.07) is 28.2. The first kappa shape index (κ1) is 22.4. The summed E-state index contributed by atoms with van der Waals surface area (Å²) in [6.07, 6.45) is 2.05. The Labute approximate surface area is 184 Å². The fourth-order valence-electron chi connectivity index (χ4n) is 3.77. The molecule has 3 aromatic rings. The van der Waals surface area contributed by atoms with E-state index in [-0.39, 0.29) is 6.04 Å². The van der Waals surface area contributed by atoms with Crippen LogP contribution < -0.4 is 15.4 Å². The van der Waals surface area contributed by atoms with Gasteiger partial charge in [0.05, 0.1) is 13.2 Å². The second-order valence-electron chi connectivity index (χ2n) is 7.56. The number of nitrogens with two attached hydrogens (primary N) is 1. The van der Waals surface area contributed by atoms with Gasteiger partial charge in [-0.2, -0.15) is 0 Å². The highest BCUT2D eigenvalue weighted by atomic mass is 16.5. The van der Waals surface area contributed by atoms with Crippen LogP contribution in [0.1, 0.15) is 36.4 Å². The number of hydrogen-bond donors (Lipinski definition) is 2.